The van der Waals surface area contributed by atoms with Crippen LogP contribution in [0.5, 0.6) is 11.6 Å². The van der Waals surface area contributed by atoms with E-state index in [1.165, 1.54) is 11.9 Å². The molecule has 0 saturated carbocycles. The Morgan fingerprint density at radius 3 is 2.07 bits per heavy atom. The highest BCUT2D eigenvalue weighted by Crippen LogP contribution is 2.34. The number of para-hydroxylation sites is 3. The summed E-state index contributed by atoms with van der Waals surface area (Å²) in [7, 11) is 0. The first-order chi connectivity index (χ1) is 13.2. The van der Waals surface area contributed by atoms with Crippen molar-refractivity contribution in [3.8, 4) is 11.6 Å². The lowest BCUT2D eigenvalue weighted by Gasteiger charge is -2.14. The van der Waals surface area contributed by atoms with E-state index in [2.05, 4.69) is 4.72 Å². The lowest BCUT2D eigenvalue weighted by atomic mass is 10.1. The number of benzene rings is 3. The van der Waals surface area contributed by atoms with Crippen LogP contribution in [0.15, 0.2) is 77.7 Å². The maximum atomic E-state index is 6.22. The highest BCUT2D eigenvalue weighted by Gasteiger charge is 2.14. The number of anilines is 1. The van der Waals surface area contributed by atoms with Crippen molar-refractivity contribution in [3.63, 3.8) is 0 Å². The predicted molar refractivity (Wildman–Crippen MR) is 111 cm³/mol. The van der Waals surface area contributed by atoms with Crippen LogP contribution in [0.25, 0.3) is 11.0 Å². The average Bonchev–Trinajstić information content (AvgIpc) is 2.70. The molecule has 0 radical (unpaired) electrons. The van der Waals surface area contributed by atoms with Gasteiger partial charge in [-0.3, -0.25) is 0 Å². The maximum absolute atomic E-state index is 6.22. The van der Waals surface area contributed by atoms with Crippen LogP contribution in [0.2, 0.25) is 0 Å². The largest absolute Gasteiger partial charge is 0.435 e. The van der Waals surface area contributed by atoms with E-state index in [0.29, 0.717) is 11.7 Å². The van der Waals surface area contributed by atoms with Crippen molar-refractivity contribution in [3.05, 3.63) is 83.9 Å². The smallest absolute Gasteiger partial charge is 0.264 e. The fourth-order valence-electron chi connectivity index (χ4n) is 2.77. The number of nitrogens with zero attached hydrogens (tertiary/aromatic N) is 2. The summed E-state index contributed by atoms with van der Waals surface area (Å²) in [5, 5.41) is 0. The predicted octanol–water partition coefficient (Wildman–Crippen LogP) is 6.16. The molecule has 0 aliphatic heterocycles. The Balaban J connectivity index is 1.72. The number of ether oxygens (including phenoxy) is 1. The minimum Gasteiger partial charge on any atom is -0.435 e. The van der Waals surface area contributed by atoms with Crippen LogP contribution in [0.1, 0.15) is 11.1 Å². The Morgan fingerprint density at radius 2 is 1.37 bits per heavy atom. The highest BCUT2D eigenvalue weighted by molar-refractivity contribution is 8.00. The van der Waals surface area contributed by atoms with Gasteiger partial charge in [0.1, 0.15) is 5.75 Å². The van der Waals surface area contributed by atoms with Crippen LogP contribution in [-0.2, 0) is 0 Å². The van der Waals surface area contributed by atoms with Gasteiger partial charge in [-0.1, -0.05) is 48.5 Å². The summed E-state index contributed by atoms with van der Waals surface area (Å²) in [6, 6.07) is 24.0. The Hall–Kier alpha value is -3.05. The van der Waals surface area contributed by atoms with Crippen LogP contribution in [0.3, 0.4) is 0 Å². The van der Waals surface area contributed by atoms with E-state index in [4.69, 9.17) is 14.7 Å². The second kappa shape index (κ2) is 7.68. The number of hydrogen-bond acceptors (Lipinski definition) is 5. The lowest BCUT2D eigenvalue weighted by Crippen LogP contribution is -2.00. The molecular formula is C22H19N3OS. The second-order valence-corrected chi connectivity index (χ2v) is 7.09. The van der Waals surface area contributed by atoms with Crippen molar-refractivity contribution >= 4 is 28.8 Å². The fraction of sp³-hybridized carbons (Fsp3) is 0.0909. The Labute approximate surface area is 162 Å². The van der Waals surface area contributed by atoms with Crippen LogP contribution in [0.4, 0.5) is 5.82 Å². The number of nitrogens with one attached hydrogen (secondary N) is 1. The molecule has 4 aromatic rings. The summed E-state index contributed by atoms with van der Waals surface area (Å²) < 4.78 is 9.52. The summed E-state index contributed by atoms with van der Waals surface area (Å²) in [6.07, 6.45) is 0. The molecule has 0 aliphatic rings. The van der Waals surface area contributed by atoms with E-state index in [-0.39, 0.29) is 0 Å². The molecule has 1 N–H and O–H groups in total. The molecule has 4 rings (SSSR count). The quantitative estimate of drug-likeness (QED) is 0.425. The van der Waals surface area contributed by atoms with E-state index in [0.717, 1.165) is 32.8 Å². The summed E-state index contributed by atoms with van der Waals surface area (Å²) in [5.74, 6) is 1.88. The number of fused-ring (bicyclic) bond motifs is 1. The topological polar surface area (TPSA) is 47.0 Å². The maximum Gasteiger partial charge on any atom is 0.264 e. The van der Waals surface area contributed by atoms with Gasteiger partial charge in [-0.25, -0.2) is 9.97 Å². The molecule has 0 fully saturated rings. The Kier molecular flexibility index (Phi) is 4.94. The molecule has 0 aliphatic carbocycles. The first-order valence-electron chi connectivity index (χ1n) is 8.69. The summed E-state index contributed by atoms with van der Waals surface area (Å²) in [5.41, 5.74) is 3.75. The molecule has 0 unspecified atom stereocenters. The van der Waals surface area contributed by atoms with Gasteiger partial charge in [0.25, 0.3) is 5.88 Å². The zero-order valence-corrected chi connectivity index (χ0v) is 16.0. The Morgan fingerprint density at radius 1 is 0.741 bits per heavy atom. The lowest BCUT2D eigenvalue weighted by molar-refractivity contribution is 0.459. The van der Waals surface area contributed by atoms with E-state index < -0.39 is 0 Å². The van der Waals surface area contributed by atoms with E-state index in [9.17, 15) is 0 Å². The molecule has 0 spiro atoms. The van der Waals surface area contributed by atoms with Gasteiger partial charge in [0, 0.05) is 4.90 Å². The second-order valence-electron chi connectivity index (χ2n) is 6.21. The SMILES string of the molecule is Cc1cccc(C)c1Oc1nc2ccccc2nc1NSc1ccccc1. The van der Waals surface area contributed by atoms with Gasteiger partial charge in [0.15, 0.2) is 0 Å². The van der Waals surface area contributed by atoms with Crippen LogP contribution < -0.4 is 9.46 Å². The number of aryl methyl sites for hydroxylation is 2. The third-order valence-electron chi connectivity index (χ3n) is 4.15. The van der Waals surface area contributed by atoms with Gasteiger partial charge in [0.2, 0.25) is 5.82 Å². The number of hydrogen-bond donors (Lipinski definition) is 1. The molecule has 1 aromatic heterocycles. The van der Waals surface area contributed by atoms with Crippen molar-refractivity contribution in [1.82, 2.24) is 9.97 Å². The molecule has 5 heteroatoms. The van der Waals surface area contributed by atoms with Crippen molar-refractivity contribution in [1.29, 1.82) is 0 Å². The third kappa shape index (κ3) is 3.88. The molecule has 3 aromatic carbocycles. The van der Waals surface area contributed by atoms with Gasteiger partial charge >= 0.3 is 0 Å². The van der Waals surface area contributed by atoms with Gasteiger partial charge in [0.05, 0.1) is 11.0 Å². The van der Waals surface area contributed by atoms with Crippen molar-refractivity contribution in [2.75, 3.05) is 4.72 Å². The molecule has 1 heterocycles. The average molecular weight is 373 g/mol. The van der Waals surface area contributed by atoms with Crippen molar-refractivity contribution < 1.29 is 4.74 Å². The fourth-order valence-corrected chi connectivity index (χ4v) is 3.41. The molecule has 0 amide bonds. The molecule has 27 heavy (non-hydrogen) atoms. The van der Waals surface area contributed by atoms with Crippen molar-refractivity contribution in [2.45, 2.75) is 18.7 Å². The minimum absolute atomic E-state index is 0.467. The molecule has 0 bridgehead atoms. The van der Waals surface area contributed by atoms with Gasteiger partial charge < -0.3 is 9.46 Å². The zero-order chi connectivity index (χ0) is 18.6. The van der Waals surface area contributed by atoms with E-state index >= 15 is 0 Å². The summed E-state index contributed by atoms with van der Waals surface area (Å²) in [4.78, 5) is 10.5. The van der Waals surface area contributed by atoms with Crippen molar-refractivity contribution in [2.24, 2.45) is 0 Å². The monoisotopic (exact) mass is 373 g/mol. The van der Waals surface area contributed by atoms with Gasteiger partial charge in [-0.15, -0.1) is 0 Å². The standard InChI is InChI=1S/C22H19N3OS/c1-15-9-8-10-16(2)20(15)26-22-21(25-27-17-11-4-3-5-12-17)23-18-13-6-7-14-19(18)24-22/h3-14H,1-2H3,(H,23,25). The van der Waals surface area contributed by atoms with Gasteiger partial charge in [-0.2, -0.15) is 0 Å². The molecule has 134 valence electrons. The van der Waals surface area contributed by atoms with E-state index in [1.54, 1.807) is 0 Å². The number of rotatable bonds is 5. The molecular weight excluding hydrogens is 354 g/mol. The summed E-state index contributed by atoms with van der Waals surface area (Å²) in [6.45, 7) is 4.06. The zero-order valence-electron chi connectivity index (χ0n) is 15.1. The highest BCUT2D eigenvalue weighted by atomic mass is 32.2. The van der Waals surface area contributed by atoms with Crippen LogP contribution in [0, 0.1) is 13.8 Å². The van der Waals surface area contributed by atoms with Crippen LogP contribution in [-0.4, -0.2) is 9.97 Å². The first-order valence-corrected chi connectivity index (χ1v) is 9.51. The van der Waals surface area contributed by atoms with Crippen LogP contribution >= 0.6 is 11.9 Å². The summed E-state index contributed by atoms with van der Waals surface area (Å²) >= 11 is 1.48. The van der Waals surface area contributed by atoms with E-state index in [1.807, 2.05) is 86.6 Å². The molecule has 0 saturated heterocycles. The normalized spacial score (nSPS) is 10.7. The third-order valence-corrected chi connectivity index (χ3v) is 4.96. The Bertz CT molecular complexity index is 1060. The number of aromatic nitrogens is 2. The van der Waals surface area contributed by atoms with Gasteiger partial charge in [-0.05, 0) is 61.2 Å². The minimum atomic E-state index is 0.467. The first kappa shape index (κ1) is 17.4. The molecule has 4 nitrogen and oxygen atoms in total. The molecule has 0 atom stereocenters.